The molecule has 4 nitrogen and oxygen atoms in total. The Labute approximate surface area is 163 Å². The molecular formula is C22H19ClN2O2. The summed E-state index contributed by atoms with van der Waals surface area (Å²) >= 11 is 5.91. The van der Waals surface area contributed by atoms with E-state index in [4.69, 9.17) is 16.3 Å². The third-order valence-electron chi connectivity index (χ3n) is 4.01. The maximum Gasteiger partial charge on any atom is 0.168 e. The van der Waals surface area contributed by atoms with Crippen molar-refractivity contribution in [3.05, 3.63) is 95.0 Å². The van der Waals surface area contributed by atoms with E-state index in [2.05, 4.69) is 10.5 Å². The summed E-state index contributed by atoms with van der Waals surface area (Å²) in [5.74, 6) is 0.717. The average Bonchev–Trinajstić information content (AvgIpc) is 2.72. The van der Waals surface area contributed by atoms with Gasteiger partial charge in [-0.15, -0.1) is 0 Å². The molecule has 0 heterocycles. The highest BCUT2D eigenvalue weighted by Crippen LogP contribution is 2.17. The lowest BCUT2D eigenvalue weighted by Gasteiger charge is -2.09. The Balaban J connectivity index is 1.86. The number of anilines is 1. The Kier molecular flexibility index (Phi) is 6.23. The van der Waals surface area contributed by atoms with Gasteiger partial charge >= 0.3 is 0 Å². The van der Waals surface area contributed by atoms with Crippen molar-refractivity contribution in [2.75, 3.05) is 12.5 Å². The number of methoxy groups -OCH3 is 1. The van der Waals surface area contributed by atoms with Crippen molar-refractivity contribution in [2.45, 2.75) is 6.42 Å². The zero-order valence-electron chi connectivity index (χ0n) is 14.9. The number of halogens is 1. The number of hydrogen-bond acceptors (Lipinski definition) is 4. The molecule has 0 spiro atoms. The molecule has 0 radical (unpaired) electrons. The first-order valence-corrected chi connectivity index (χ1v) is 8.84. The van der Waals surface area contributed by atoms with E-state index >= 15 is 0 Å². The number of hydrazone groups is 1. The largest absolute Gasteiger partial charge is 0.497 e. The molecule has 0 aliphatic heterocycles. The predicted octanol–water partition coefficient (Wildman–Crippen LogP) is 5.44. The van der Waals surface area contributed by atoms with E-state index in [1.54, 1.807) is 31.4 Å². The number of Topliss-reactive ketones (excluding diaryl/α,β-unsaturated/α-hetero) is 1. The Morgan fingerprint density at radius 1 is 0.926 bits per heavy atom. The van der Waals surface area contributed by atoms with Crippen LogP contribution in [-0.2, 0) is 0 Å². The van der Waals surface area contributed by atoms with Gasteiger partial charge in [0.05, 0.1) is 24.9 Å². The highest BCUT2D eigenvalue weighted by Gasteiger charge is 2.13. The molecule has 3 aromatic carbocycles. The maximum absolute atomic E-state index is 12.7. The molecule has 0 aromatic heterocycles. The monoisotopic (exact) mass is 378 g/mol. The SMILES string of the molecule is COc1ccc(/C(CC(=O)c2ccc(Cl)cc2)=N/Nc2ccccc2)cc1. The molecule has 0 amide bonds. The predicted molar refractivity (Wildman–Crippen MR) is 110 cm³/mol. The fourth-order valence-electron chi connectivity index (χ4n) is 2.52. The zero-order chi connectivity index (χ0) is 19.1. The summed E-state index contributed by atoms with van der Waals surface area (Å²) in [6.45, 7) is 0. The molecule has 136 valence electrons. The summed E-state index contributed by atoms with van der Waals surface area (Å²) in [4.78, 5) is 12.7. The molecule has 0 unspecified atom stereocenters. The Hall–Kier alpha value is -3.11. The smallest absolute Gasteiger partial charge is 0.168 e. The minimum Gasteiger partial charge on any atom is -0.497 e. The van der Waals surface area contributed by atoms with Crippen LogP contribution in [0.25, 0.3) is 0 Å². The summed E-state index contributed by atoms with van der Waals surface area (Å²) in [7, 11) is 1.62. The van der Waals surface area contributed by atoms with E-state index in [1.165, 1.54) is 0 Å². The lowest BCUT2D eigenvalue weighted by atomic mass is 10.0. The number of carbonyl (C=O) groups is 1. The van der Waals surface area contributed by atoms with Gasteiger partial charge in [-0.05, 0) is 66.2 Å². The molecule has 0 fully saturated rings. The number of para-hydroxylation sites is 1. The van der Waals surface area contributed by atoms with E-state index in [-0.39, 0.29) is 12.2 Å². The topological polar surface area (TPSA) is 50.7 Å². The van der Waals surface area contributed by atoms with Crippen LogP contribution in [0.5, 0.6) is 5.75 Å². The minimum absolute atomic E-state index is 0.0314. The van der Waals surface area contributed by atoms with Crippen molar-refractivity contribution in [3.63, 3.8) is 0 Å². The fourth-order valence-corrected chi connectivity index (χ4v) is 2.65. The van der Waals surface area contributed by atoms with E-state index < -0.39 is 0 Å². The van der Waals surface area contributed by atoms with Crippen molar-refractivity contribution in [1.29, 1.82) is 0 Å². The number of nitrogens with one attached hydrogen (secondary N) is 1. The highest BCUT2D eigenvalue weighted by atomic mass is 35.5. The third-order valence-corrected chi connectivity index (χ3v) is 4.26. The van der Waals surface area contributed by atoms with Crippen LogP contribution in [-0.4, -0.2) is 18.6 Å². The van der Waals surface area contributed by atoms with E-state index in [0.717, 1.165) is 17.0 Å². The van der Waals surface area contributed by atoms with Crippen LogP contribution in [0.4, 0.5) is 5.69 Å². The van der Waals surface area contributed by atoms with Crippen LogP contribution >= 0.6 is 11.6 Å². The number of nitrogens with zero attached hydrogens (tertiary/aromatic N) is 1. The van der Waals surface area contributed by atoms with Crippen molar-refractivity contribution < 1.29 is 9.53 Å². The quantitative estimate of drug-likeness (QED) is 0.338. The summed E-state index contributed by atoms with van der Waals surface area (Å²) < 4.78 is 5.20. The molecule has 0 bridgehead atoms. The molecule has 1 N–H and O–H groups in total. The summed E-state index contributed by atoms with van der Waals surface area (Å²) in [6, 6.07) is 23.9. The van der Waals surface area contributed by atoms with Crippen molar-refractivity contribution in [2.24, 2.45) is 5.10 Å². The van der Waals surface area contributed by atoms with Crippen molar-refractivity contribution in [3.8, 4) is 5.75 Å². The van der Waals surface area contributed by atoms with Gasteiger partial charge in [0.1, 0.15) is 5.75 Å². The standard InChI is InChI=1S/C22H19ClN2O2/c1-27-20-13-9-16(10-14-20)21(25-24-19-5-3-2-4-6-19)15-22(26)17-7-11-18(23)12-8-17/h2-14,24H,15H2,1H3/b25-21+. The number of ketones is 1. The highest BCUT2D eigenvalue weighted by molar-refractivity contribution is 6.30. The van der Waals surface area contributed by atoms with Gasteiger partial charge in [-0.25, -0.2) is 0 Å². The number of ether oxygens (including phenoxy) is 1. The van der Waals surface area contributed by atoms with E-state index in [0.29, 0.717) is 16.3 Å². The minimum atomic E-state index is -0.0314. The Bertz CT molecular complexity index is 921. The van der Waals surface area contributed by atoms with E-state index in [9.17, 15) is 4.79 Å². The van der Waals surface area contributed by atoms with Crippen LogP contribution < -0.4 is 10.2 Å². The lowest BCUT2D eigenvalue weighted by Crippen LogP contribution is -2.12. The van der Waals surface area contributed by atoms with Gasteiger partial charge in [-0.3, -0.25) is 10.2 Å². The van der Waals surface area contributed by atoms with Crippen LogP contribution in [0.2, 0.25) is 5.02 Å². The van der Waals surface area contributed by atoms with Crippen LogP contribution in [0.3, 0.4) is 0 Å². The molecule has 0 saturated heterocycles. The van der Waals surface area contributed by atoms with Gasteiger partial charge in [0, 0.05) is 10.6 Å². The second kappa shape index (κ2) is 9.01. The van der Waals surface area contributed by atoms with Crippen molar-refractivity contribution >= 4 is 28.8 Å². The second-order valence-electron chi connectivity index (χ2n) is 5.87. The van der Waals surface area contributed by atoms with Crippen molar-refractivity contribution in [1.82, 2.24) is 0 Å². The Morgan fingerprint density at radius 2 is 1.56 bits per heavy atom. The van der Waals surface area contributed by atoms with Gasteiger partial charge in [-0.2, -0.15) is 5.10 Å². The molecule has 5 heteroatoms. The fraction of sp³-hybridized carbons (Fsp3) is 0.0909. The zero-order valence-corrected chi connectivity index (χ0v) is 15.6. The summed E-state index contributed by atoms with van der Waals surface area (Å²) in [6.07, 6.45) is 0.161. The van der Waals surface area contributed by atoms with Crippen LogP contribution in [0.15, 0.2) is 84.0 Å². The first-order chi connectivity index (χ1) is 13.2. The summed E-state index contributed by atoms with van der Waals surface area (Å²) in [5, 5.41) is 5.08. The molecule has 0 aliphatic carbocycles. The van der Waals surface area contributed by atoms with Crippen LogP contribution in [0, 0.1) is 0 Å². The first-order valence-electron chi connectivity index (χ1n) is 8.46. The normalized spacial score (nSPS) is 11.1. The molecule has 27 heavy (non-hydrogen) atoms. The van der Waals surface area contributed by atoms with Gasteiger partial charge in [0.25, 0.3) is 0 Å². The number of benzene rings is 3. The van der Waals surface area contributed by atoms with Gasteiger partial charge < -0.3 is 4.74 Å². The number of carbonyl (C=O) groups excluding carboxylic acids is 1. The maximum atomic E-state index is 12.7. The molecule has 3 aromatic rings. The molecule has 0 atom stereocenters. The Morgan fingerprint density at radius 3 is 2.19 bits per heavy atom. The molecule has 0 aliphatic rings. The number of rotatable bonds is 7. The second-order valence-corrected chi connectivity index (χ2v) is 6.31. The average molecular weight is 379 g/mol. The first kappa shape index (κ1) is 18.7. The molecular weight excluding hydrogens is 360 g/mol. The number of hydrogen-bond donors (Lipinski definition) is 1. The molecule has 0 saturated carbocycles. The van der Waals surface area contributed by atoms with E-state index in [1.807, 2.05) is 54.6 Å². The lowest BCUT2D eigenvalue weighted by molar-refractivity contribution is 0.100. The summed E-state index contributed by atoms with van der Waals surface area (Å²) in [5.41, 5.74) is 5.96. The van der Waals surface area contributed by atoms with Gasteiger partial charge in [0.15, 0.2) is 5.78 Å². The van der Waals surface area contributed by atoms with Crippen LogP contribution in [0.1, 0.15) is 22.3 Å². The van der Waals surface area contributed by atoms with Gasteiger partial charge in [0.2, 0.25) is 0 Å². The third kappa shape index (κ3) is 5.19. The molecule has 3 rings (SSSR count). The van der Waals surface area contributed by atoms with Gasteiger partial charge in [-0.1, -0.05) is 29.8 Å².